The molecule has 1 aliphatic rings. The van der Waals surface area contributed by atoms with Crippen molar-refractivity contribution < 1.29 is 4.79 Å². The van der Waals surface area contributed by atoms with Gasteiger partial charge in [0.1, 0.15) is 0 Å². The number of rotatable bonds is 1. The molecule has 4 nitrogen and oxygen atoms in total. The second-order valence-electron chi connectivity index (χ2n) is 5.02. The molecule has 0 spiro atoms. The third-order valence-electron chi connectivity index (χ3n) is 3.57. The van der Waals surface area contributed by atoms with Crippen LogP contribution >= 0.6 is 0 Å². The highest BCUT2D eigenvalue weighted by atomic mass is 16.2. The van der Waals surface area contributed by atoms with E-state index >= 15 is 0 Å². The van der Waals surface area contributed by atoms with E-state index in [2.05, 4.69) is 4.98 Å². The molecule has 19 heavy (non-hydrogen) atoms. The lowest BCUT2D eigenvalue weighted by Crippen LogP contribution is -2.44. The van der Waals surface area contributed by atoms with E-state index in [1.54, 1.807) is 11.8 Å². The van der Waals surface area contributed by atoms with Crippen molar-refractivity contribution in [2.24, 2.45) is 5.73 Å². The van der Waals surface area contributed by atoms with Crippen LogP contribution in [0.4, 0.5) is 5.69 Å². The van der Waals surface area contributed by atoms with E-state index in [-0.39, 0.29) is 5.91 Å². The van der Waals surface area contributed by atoms with Gasteiger partial charge in [0.25, 0.3) is 0 Å². The van der Waals surface area contributed by atoms with E-state index in [0.717, 1.165) is 41.5 Å². The van der Waals surface area contributed by atoms with Gasteiger partial charge < -0.3 is 10.6 Å². The van der Waals surface area contributed by atoms with E-state index in [9.17, 15) is 4.79 Å². The molecule has 98 valence electrons. The van der Waals surface area contributed by atoms with Crippen LogP contribution in [0.25, 0.3) is 10.8 Å². The molecule has 3 rings (SSSR count). The first-order valence-corrected chi connectivity index (χ1v) is 6.62. The number of hydrogen-bond acceptors (Lipinski definition) is 3. The smallest absolute Gasteiger partial charge is 0.243 e. The summed E-state index contributed by atoms with van der Waals surface area (Å²) in [6.45, 7) is 2.46. The van der Waals surface area contributed by atoms with Crippen molar-refractivity contribution in [3.63, 3.8) is 0 Å². The number of aromatic nitrogens is 1. The predicted molar refractivity (Wildman–Crippen MR) is 76.1 cm³/mol. The molecule has 1 aromatic heterocycles. The van der Waals surface area contributed by atoms with Crippen LogP contribution in [0.2, 0.25) is 0 Å². The zero-order chi connectivity index (χ0) is 13.4. The third-order valence-corrected chi connectivity index (χ3v) is 3.57. The number of aryl methyl sites for hydroxylation is 1. The first-order valence-electron chi connectivity index (χ1n) is 6.62. The van der Waals surface area contributed by atoms with Gasteiger partial charge in [0.15, 0.2) is 0 Å². The molecule has 1 unspecified atom stereocenters. The second-order valence-corrected chi connectivity index (χ2v) is 5.02. The van der Waals surface area contributed by atoms with Crippen LogP contribution in [0.3, 0.4) is 0 Å². The van der Waals surface area contributed by atoms with Crippen molar-refractivity contribution in [3.8, 4) is 0 Å². The summed E-state index contributed by atoms with van der Waals surface area (Å²) in [5.74, 6) is -0.0286. The normalized spacial score (nSPS) is 16.2. The van der Waals surface area contributed by atoms with E-state index in [4.69, 9.17) is 5.73 Å². The topological polar surface area (TPSA) is 59.2 Å². The summed E-state index contributed by atoms with van der Waals surface area (Å²) in [5.41, 5.74) is 7.71. The molecule has 0 radical (unpaired) electrons. The number of hydrogen-bond donors (Lipinski definition) is 1. The number of fused-ring (bicyclic) bond motifs is 3. The zero-order valence-corrected chi connectivity index (χ0v) is 11.0. The van der Waals surface area contributed by atoms with Crippen molar-refractivity contribution in [2.75, 3.05) is 11.4 Å². The number of pyridine rings is 1. The van der Waals surface area contributed by atoms with Crippen molar-refractivity contribution in [3.05, 3.63) is 36.2 Å². The Balaban J connectivity index is 2.21. The Morgan fingerprint density at radius 2 is 2.21 bits per heavy atom. The Morgan fingerprint density at radius 3 is 3.00 bits per heavy atom. The zero-order valence-electron chi connectivity index (χ0n) is 11.0. The highest BCUT2D eigenvalue weighted by Crippen LogP contribution is 2.33. The van der Waals surface area contributed by atoms with E-state index in [0.29, 0.717) is 0 Å². The minimum absolute atomic E-state index is 0.0286. The molecule has 1 aliphatic heterocycles. The summed E-state index contributed by atoms with van der Waals surface area (Å²) in [4.78, 5) is 18.6. The van der Waals surface area contributed by atoms with Gasteiger partial charge in [0.2, 0.25) is 5.91 Å². The quantitative estimate of drug-likeness (QED) is 0.846. The molecule has 0 saturated carbocycles. The molecule has 2 N–H and O–H groups in total. The maximum atomic E-state index is 12.3. The fourth-order valence-corrected chi connectivity index (χ4v) is 2.66. The number of amides is 1. The molecule has 2 heterocycles. The van der Waals surface area contributed by atoms with Crippen LogP contribution in [0, 0.1) is 0 Å². The Hall–Kier alpha value is -1.94. The number of benzene rings is 1. The Bertz CT molecular complexity index is 636. The van der Waals surface area contributed by atoms with Gasteiger partial charge in [-0.3, -0.25) is 9.78 Å². The number of carbonyl (C=O) groups is 1. The van der Waals surface area contributed by atoms with Gasteiger partial charge in [0.05, 0.1) is 17.4 Å². The summed E-state index contributed by atoms with van der Waals surface area (Å²) >= 11 is 0. The van der Waals surface area contributed by atoms with E-state index in [1.807, 2.05) is 30.5 Å². The third kappa shape index (κ3) is 1.98. The average Bonchev–Trinajstić information content (AvgIpc) is 2.45. The maximum Gasteiger partial charge on any atom is 0.243 e. The van der Waals surface area contributed by atoms with Crippen molar-refractivity contribution in [1.82, 2.24) is 4.98 Å². The average molecular weight is 255 g/mol. The monoisotopic (exact) mass is 255 g/mol. The van der Waals surface area contributed by atoms with Crippen molar-refractivity contribution >= 4 is 22.4 Å². The number of carbonyl (C=O) groups excluding carboxylic acids is 1. The van der Waals surface area contributed by atoms with Crippen molar-refractivity contribution in [2.45, 2.75) is 25.8 Å². The highest BCUT2D eigenvalue weighted by Gasteiger charge is 2.27. The van der Waals surface area contributed by atoms with E-state index < -0.39 is 6.04 Å². The van der Waals surface area contributed by atoms with Crippen LogP contribution in [0.5, 0.6) is 0 Å². The Kier molecular flexibility index (Phi) is 2.95. The van der Waals surface area contributed by atoms with Gasteiger partial charge in [-0.2, -0.15) is 0 Å². The summed E-state index contributed by atoms with van der Waals surface area (Å²) in [6.07, 6.45) is 3.74. The molecule has 4 heteroatoms. The summed E-state index contributed by atoms with van der Waals surface area (Å²) in [5, 5.41) is 2.15. The molecule has 0 bridgehead atoms. The SMILES string of the molecule is CC(N)C(=O)N1CCCc2ncc3ccccc3c21. The van der Waals surface area contributed by atoms with Crippen molar-refractivity contribution in [1.29, 1.82) is 0 Å². The van der Waals surface area contributed by atoms with Gasteiger partial charge in [-0.15, -0.1) is 0 Å². The minimum Gasteiger partial charge on any atom is -0.320 e. The van der Waals surface area contributed by atoms with Crippen LogP contribution in [0.1, 0.15) is 19.0 Å². The lowest BCUT2D eigenvalue weighted by atomic mass is 10.0. The molecule has 1 atom stereocenters. The lowest BCUT2D eigenvalue weighted by Gasteiger charge is -2.31. The van der Waals surface area contributed by atoms with Gasteiger partial charge in [-0.05, 0) is 19.8 Å². The largest absolute Gasteiger partial charge is 0.320 e. The van der Waals surface area contributed by atoms with Gasteiger partial charge in [0, 0.05) is 23.5 Å². The number of anilines is 1. The summed E-state index contributed by atoms with van der Waals surface area (Å²) in [6, 6.07) is 7.56. The number of nitrogens with zero attached hydrogens (tertiary/aromatic N) is 2. The molecule has 2 aromatic rings. The fourth-order valence-electron chi connectivity index (χ4n) is 2.66. The van der Waals surface area contributed by atoms with Crippen LogP contribution in [-0.4, -0.2) is 23.5 Å². The van der Waals surface area contributed by atoms with Gasteiger partial charge in [-0.25, -0.2) is 0 Å². The summed E-state index contributed by atoms with van der Waals surface area (Å²) in [7, 11) is 0. The number of nitrogens with two attached hydrogens (primary N) is 1. The minimum atomic E-state index is -0.482. The predicted octanol–water partition coefficient (Wildman–Crippen LogP) is 1.86. The first kappa shape index (κ1) is 12.1. The fraction of sp³-hybridized carbons (Fsp3) is 0.333. The Labute approximate surface area is 112 Å². The molecule has 0 saturated heterocycles. The second kappa shape index (κ2) is 4.63. The maximum absolute atomic E-state index is 12.3. The molecular weight excluding hydrogens is 238 g/mol. The molecule has 0 fully saturated rings. The lowest BCUT2D eigenvalue weighted by molar-refractivity contribution is -0.119. The molecular formula is C15H17N3O. The first-order chi connectivity index (χ1) is 9.18. The van der Waals surface area contributed by atoms with Gasteiger partial charge in [-0.1, -0.05) is 24.3 Å². The van der Waals surface area contributed by atoms with Crippen LogP contribution in [0.15, 0.2) is 30.5 Å². The molecule has 1 amide bonds. The standard InChI is InChI=1S/C15H17N3O/c1-10(16)15(19)18-8-4-7-13-14(18)12-6-3-2-5-11(12)9-17-13/h2-3,5-6,9-10H,4,7-8,16H2,1H3. The molecule has 0 aliphatic carbocycles. The highest BCUT2D eigenvalue weighted by molar-refractivity contribution is 6.06. The Morgan fingerprint density at radius 1 is 1.42 bits per heavy atom. The summed E-state index contributed by atoms with van der Waals surface area (Å²) < 4.78 is 0. The van der Waals surface area contributed by atoms with E-state index in [1.165, 1.54) is 0 Å². The molecule has 1 aromatic carbocycles. The van der Waals surface area contributed by atoms with Crippen LogP contribution < -0.4 is 10.6 Å². The van der Waals surface area contributed by atoms with Crippen LogP contribution in [-0.2, 0) is 11.2 Å². The van der Waals surface area contributed by atoms with Gasteiger partial charge >= 0.3 is 0 Å².